The first kappa shape index (κ1) is 18.5. The van der Waals surface area contributed by atoms with E-state index in [4.69, 9.17) is 14.6 Å². The van der Waals surface area contributed by atoms with Crippen molar-refractivity contribution >= 4 is 17.4 Å². The molecule has 2 heterocycles. The minimum Gasteiger partial charge on any atom is -0.465 e. The number of rotatable bonds is 5. The Morgan fingerprint density at radius 1 is 0.714 bits per heavy atom. The summed E-state index contributed by atoms with van der Waals surface area (Å²) in [7, 11) is 0. The topological polar surface area (TPSA) is 52.3 Å². The van der Waals surface area contributed by atoms with Gasteiger partial charge in [0.05, 0.1) is 0 Å². The van der Waals surface area contributed by atoms with Crippen LogP contribution in [0.5, 0.6) is 0 Å². The monoisotopic (exact) mass is 389 g/mol. The Balaban J connectivity index is 1.76. The molecule has 142 valence electrons. The maximum absolute atomic E-state index is 6.40. The van der Waals surface area contributed by atoms with Gasteiger partial charge in [-0.15, -0.1) is 0 Å². The lowest BCUT2D eigenvalue weighted by Crippen LogP contribution is -2.05. The molecule has 0 atom stereocenters. The molecule has 2 aromatic carbocycles. The number of furan rings is 2. The van der Waals surface area contributed by atoms with Crippen LogP contribution in [0.4, 0.5) is 5.69 Å². The van der Waals surface area contributed by atoms with Gasteiger partial charge in [-0.25, -0.2) is 0 Å². The summed E-state index contributed by atoms with van der Waals surface area (Å²) in [6.07, 6.45) is 0. The Bertz CT molecular complexity index is 1050. The average Bonchev–Trinajstić information content (AvgIpc) is 3.29. The molecule has 0 aliphatic heterocycles. The van der Waals surface area contributed by atoms with Crippen molar-refractivity contribution in [3.63, 3.8) is 0 Å². The summed E-state index contributed by atoms with van der Waals surface area (Å²) in [6.45, 7) is 5.99. The SMILES string of the molecule is Cc1ccc(Sc2ccc(N)c(C(c3ccc(C)o3)c3ccc(C)o3)c2)cc1. The standard InChI is InChI=1S/C24H23NO2S/c1-15-4-8-18(9-5-15)28-19-10-11-21(25)20(14-19)24(22-12-6-16(2)26-22)23-13-7-17(3)27-23/h4-14,24H,25H2,1-3H3. The Labute approximate surface area is 169 Å². The molecule has 0 radical (unpaired) electrons. The van der Waals surface area contributed by atoms with Gasteiger partial charge in [-0.1, -0.05) is 29.5 Å². The second-order valence-corrected chi connectivity index (χ2v) is 8.18. The number of aryl methyl sites for hydroxylation is 3. The third-order valence-corrected chi connectivity index (χ3v) is 5.71. The van der Waals surface area contributed by atoms with Gasteiger partial charge < -0.3 is 14.6 Å². The smallest absolute Gasteiger partial charge is 0.119 e. The van der Waals surface area contributed by atoms with Crippen molar-refractivity contribution in [1.29, 1.82) is 0 Å². The molecule has 0 aliphatic rings. The van der Waals surface area contributed by atoms with Crippen LogP contribution in [0.1, 0.15) is 40.1 Å². The van der Waals surface area contributed by atoms with Crippen LogP contribution in [-0.2, 0) is 0 Å². The normalized spacial score (nSPS) is 11.3. The molecule has 0 fully saturated rings. The molecule has 0 unspecified atom stereocenters. The van der Waals surface area contributed by atoms with E-state index < -0.39 is 0 Å². The van der Waals surface area contributed by atoms with Crippen LogP contribution >= 0.6 is 11.8 Å². The number of hydrogen-bond acceptors (Lipinski definition) is 4. The lowest BCUT2D eigenvalue weighted by Gasteiger charge is -2.17. The van der Waals surface area contributed by atoms with E-state index in [2.05, 4.69) is 43.3 Å². The number of benzene rings is 2. The van der Waals surface area contributed by atoms with Crippen LogP contribution in [0.25, 0.3) is 0 Å². The highest BCUT2D eigenvalue weighted by Gasteiger charge is 2.25. The molecular weight excluding hydrogens is 366 g/mol. The maximum atomic E-state index is 6.40. The van der Waals surface area contributed by atoms with E-state index in [1.54, 1.807) is 11.8 Å². The summed E-state index contributed by atoms with van der Waals surface area (Å²) >= 11 is 1.72. The second-order valence-electron chi connectivity index (χ2n) is 7.04. The quantitative estimate of drug-likeness (QED) is 0.385. The van der Waals surface area contributed by atoms with Crippen molar-refractivity contribution in [3.05, 3.63) is 101 Å². The Hall–Kier alpha value is -2.85. The van der Waals surface area contributed by atoms with Crippen molar-refractivity contribution in [3.8, 4) is 0 Å². The van der Waals surface area contributed by atoms with Crippen LogP contribution in [0, 0.1) is 20.8 Å². The first-order valence-electron chi connectivity index (χ1n) is 9.26. The van der Waals surface area contributed by atoms with Crippen LogP contribution < -0.4 is 5.73 Å². The molecule has 0 saturated carbocycles. The third-order valence-electron chi connectivity index (χ3n) is 4.72. The highest BCUT2D eigenvalue weighted by atomic mass is 32.2. The minimum absolute atomic E-state index is 0.180. The van der Waals surface area contributed by atoms with Gasteiger partial charge in [0, 0.05) is 15.5 Å². The average molecular weight is 390 g/mol. The fourth-order valence-corrected chi connectivity index (χ4v) is 4.14. The lowest BCUT2D eigenvalue weighted by atomic mass is 9.92. The molecule has 0 saturated heterocycles. The number of anilines is 1. The van der Waals surface area contributed by atoms with Gasteiger partial charge >= 0.3 is 0 Å². The van der Waals surface area contributed by atoms with Crippen LogP contribution in [0.15, 0.2) is 85.4 Å². The van der Waals surface area contributed by atoms with Crippen LogP contribution in [-0.4, -0.2) is 0 Å². The molecule has 28 heavy (non-hydrogen) atoms. The van der Waals surface area contributed by atoms with Crippen molar-refractivity contribution in [2.75, 3.05) is 5.73 Å². The molecule has 3 nitrogen and oxygen atoms in total. The molecule has 4 rings (SSSR count). The van der Waals surface area contributed by atoms with Gasteiger partial charge in [0.2, 0.25) is 0 Å². The van der Waals surface area contributed by atoms with Gasteiger partial charge in [0.25, 0.3) is 0 Å². The molecule has 0 aliphatic carbocycles. The first-order valence-corrected chi connectivity index (χ1v) is 10.1. The zero-order valence-corrected chi connectivity index (χ0v) is 17.0. The van der Waals surface area contributed by atoms with E-state index in [1.807, 2.05) is 44.2 Å². The lowest BCUT2D eigenvalue weighted by molar-refractivity contribution is 0.428. The molecule has 4 heteroatoms. The third kappa shape index (κ3) is 3.87. The summed E-state index contributed by atoms with van der Waals surface area (Å²) in [6, 6.07) is 22.6. The Morgan fingerprint density at radius 3 is 1.82 bits per heavy atom. The van der Waals surface area contributed by atoms with E-state index >= 15 is 0 Å². The molecule has 0 bridgehead atoms. The number of hydrogen-bond donors (Lipinski definition) is 1. The minimum atomic E-state index is -0.180. The first-order chi connectivity index (χ1) is 13.5. The highest BCUT2D eigenvalue weighted by Crippen LogP contribution is 2.39. The van der Waals surface area contributed by atoms with E-state index in [0.29, 0.717) is 0 Å². The molecule has 4 aromatic rings. The summed E-state index contributed by atoms with van der Waals surface area (Å²) in [5.74, 6) is 3.21. The number of nitrogens with two attached hydrogens (primary N) is 1. The Morgan fingerprint density at radius 2 is 1.29 bits per heavy atom. The van der Waals surface area contributed by atoms with Gasteiger partial charge in [0.15, 0.2) is 0 Å². The van der Waals surface area contributed by atoms with E-state index in [9.17, 15) is 0 Å². The maximum Gasteiger partial charge on any atom is 0.119 e. The Kier molecular flexibility index (Phi) is 5.05. The van der Waals surface area contributed by atoms with Crippen LogP contribution in [0.2, 0.25) is 0 Å². The summed E-state index contributed by atoms with van der Waals surface area (Å²) in [4.78, 5) is 2.32. The fourth-order valence-electron chi connectivity index (χ4n) is 3.27. The zero-order valence-electron chi connectivity index (χ0n) is 16.2. The van der Waals surface area contributed by atoms with E-state index in [-0.39, 0.29) is 5.92 Å². The van der Waals surface area contributed by atoms with Crippen molar-refractivity contribution < 1.29 is 8.83 Å². The predicted molar refractivity (Wildman–Crippen MR) is 114 cm³/mol. The summed E-state index contributed by atoms with van der Waals surface area (Å²) in [5, 5.41) is 0. The zero-order chi connectivity index (χ0) is 19.7. The van der Waals surface area contributed by atoms with Crippen molar-refractivity contribution in [2.45, 2.75) is 36.5 Å². The summed E-state index contributed by atoms with van der Waals surface area (Å²) in [5.41, 5.74) is 9.36. The highest BCUT2D eigenvalue weighted by molar-refractivity contribution is 7.99. The predicted octanol–water partition coefficient (Wildman–Crippen LogP) is 6.71. The van der Waals surface area contributed by atoms with E-state index in [0.717, 1.165) is 39.2 Å². The van der Waals surface area contributed by atoms with Crippen molar-refractivity contribution in [1.82, 2.24) is 0 Å². The number of nitrogen functional groups attached to an aromatic ring is 1. The van der Waals surface area contributed by atoms with Gasteiger partial charge in [-0.2, -0.15) is 0 Å². The molecule has 2 N–H and O–H groups in total. The van der Waals surface area contributed by atoms with Gasteiger partial charge in [0.1, 0.15) is 29.0 Å². The largest absolute Gasteiger partial charge is 0.465 e. The molecule has 2 aromatic heterocycles. The van der Waals surface area contributed by atoms with Gasteiger partial charge in [-0.05, 0) is 80.9 Å². The summed E-state index contributed by atoms with van der Waals surface area (Å²) < 4.78 is 11.9. The molecule has 0 spiro atoms. The second kappa shape index (κ2) is 7.64. The molecular formula is C24H23NO2S. The van der Waals surface area contributed by atoms with E-state index in [1.165, 1.54) is 10.5 Å². The molecule has 0 amide bonds. The van der Waals surface area contributed by atoms with Crippen LogP contribution in [0.3, 0.4) is 0 Å². The van der Waals surface area contributed by atoms with Gasteiger partial charge in [-0.3, -0.25) is 0 Å². The fraction of sp³-hybridized carbons (Fsp3) is 0.167. The van der Waals surface area contributed by atoms with Crippen molar-refractivity contribution in [2.24, 2.45) is 0 Å².